The van der Waals surface area contributed by atoms with Crippen LogP contribution in [0.15, 0.2) is 53.6 Å². The Morgan fingerprint density at radius 1 is 1.17 bits per heavy atom. The van der Waals surface area contributed by atoms with E-state index in [-0.39, 0.29) is 11.6 Å². The number of carbonyl (C=O) groups excluding carboxylic acids is 1. The number of carbonyl (C=O) groups is 1. The molecule has 0 radical (unpaired) electrons. The van der Waals surface area contributed by atoms with Gasteiger partial charge in [-0.05, 0) is 36.4 Å². The highest BCUT2D eigenvalue weighted by Crippen LogP contribution is 2.15. The normalized spacial score (nSPS) is 11.5. The number of Topliss-reactive ketones (excluding diaryl/α,β-unsaturated/α-hetero) is 1. The first-order valence-electron chi connectivity index (χ1n) is 6.98. The minimum absolute atomic E-state index is 0.162. The van der Waals surface area contributed by atoms with Crippen LogP contribution in [-0.4, -0.2) is 33.7 Å². The van der Waals surface area contributed by atoms with Crippen molar-refractivity contribution < 1.29 is 9.53 Å². The molecule has 1 aromatic heterocycles. The summed E-state index contributed by atoms with van der Waals surface area (Å²) in [4.78, 5) is 11.9. The summed E-state index contributed by atoms with van der Waals surface area (Å²) in [7, 11) is 1.60. The Morgan fingerprint density at radius 2 is 1.91 bits per heavy atom. The number of hydrazone groups is 1. The van der Waals surface area contributed by atoms with E-state index in [1.165, 1.54) is 11.6 Å². The molecule has 2 aromatic carbocycles. The average Bonchev–Trinajstić information content (AvgIpc) is 2.99. The lowest BCUT2D eigenvalue weighted by Gasteiger charge is -2.06. The number of fused-ring (bicyclic) bond motifs is 1. The summed E-state index contributed by atoms with van der Waals surface area (Å²) >= 11 is 0. The van der Waals surface area contributed by atoms with Gasteiger partial charge < -0.3 is 4.74 Å². The number of ether oxygens (including phenoxy) is 1. The van der Waals surface area contributed by atoms with Gasteiger partial charge in [0.1, 0.15) is 11.3 Å². The topological polar surface area (TPSA) is 81.4 Å². The van der Waals surface area contributed by atoms with Crippen LogP contribution in [0.3, 0.4) is 0 Å². The third-order valence-corrected chi connectivity index (χ3v) is 3.25. The minimum atomic E-state index is -0.221. The van der Waals surface area contributed by atoms with Gasteiger partial charge >= 0.3 is 0 Å². The molecule has 7 nitrogen and oxygen atoms in total. The van der Waals surface area contributed by atoms with Gasteiger partial charge in [-0.3, -0.25) is 10.2 Å². The molecule has 0 bridgehead atoms. The van der Waals surface area contributed by atoms with Crippen LogP contribution in [-0.2, 0) is 4.79 Å². The van der Waals surface area contributed by atoms with Crippen molar-refractivity contribution in [1.29, 1.82) is 0 Å². The Bertz CT molecular complexity index is 868. The lowest BCUT2D eigenvalue weighted by Crippen LogP contribution is -2.23. The van der Waals surface area contributed by atoms with Crippen molar-refractivity contribution in [3.05, 3.63) is 48.5 Å². The maximum Gasteiger partial charge on any atom is 0.218 e. The minimum Gasteiger partial charge on any atom is -0.497 e. The molecule has 0 aliphatic heterocycles. The lowest BCUT2D eigenvalue weighted by atomic mass is 10.3. The van der Waals surface area contributed by atoms with Crippen molar-refractivity contribution in [3.8, 4) is 5.75 Å². The van der Waals surface area contributed by atoms with E-state index in [4.69, 9.17) is 4.74 Å². The van der Waals surface area contributed by atoms with Crippen molar-refractivity contribution >= 4 is 28.3 Å². The van der Waals surface area contributed by atoms with Gasteiger partial charge in [-0.2, -0.15) is 9.78 Å². The molecule has 3 aromatic rings. The molecule has 0 aliphatic rings. The fourth-order valence-electron chi connectivity index (χ4n) is 2.08. The SMILES string of the molecule is COc1ccc(N/N=C(\C(C)=O)n2nnc3ccccc32)cc1. The van der Waals surface area contributed by atoms with Crippen LogP contribution in [0.1, 0.15) is 6.92 Å². The zero-order valence-electron chi connectivity index (χ0n) is 12.7. The van der Waals surface area contributed by atoms with Crippen molar-refractivity contribution in [3.63, 3.8) is 0 Å². The van der Waals surface area contributed by atoms with E-state index >= 15 is 0 Å². The van der Waals surface area contributed by atoms with Crippen LogP contribution in [0.2, 0.25) is 0 Å². The first-order valence-corrected chi connectivity index (χ1v) is 6.98. The van der Waals surface area contributed by atoms with Gasteiger partial charge in [0.25, 0.3) is 0 Å². The van der Waals surface area contributed by atoms with E-state index in [1.54, 1.807) is 31.4 Å². The Labute approximate surface area is 132 Å². The summed E-state index contributed by atoms with van der Waals surface area (Å²) in [5.74, 6) is 0.685. The number of para-hydroxylation sites is 1. The summed E-state index contributed by atoms with van der Waals surface area (Å²) in [6.07, 6.45) is 0. The zero-order valence-corrected chi connectivity index (χ0v) is 12.7. The summed E-state index contributed by atoms with van der Waals surface area (Å²) in [5.41, 5.74) is 5.00. The number of benzene rings is 2. The molecular weight excluding hydrogens is 294 g/mol. The second-order valence-corrected chi connectivity index (χ2v) is 4.82. The number of hydrogen-bond acceptors (Lipinski definition) is 6. The van der Waals surface area contributed by atoms with Gasteiger partial charge in [-0.1, -0.05) is 17.3 Å². The van der Waals surface area contributed by atoms with Crippen molar-refractivity contribution in [2.45, 2.75) is 6.92 Å². The average molecular weight is 309 g/mol. The van der Waals surface area contributed by atoms with Crippen LogP contribution in [0.5, 0.6) is 5.75 Å². The third kappa shape index (κ3) is 3.03. The van der Waals surface area contributed by atoms with E-state index in [0.717, 1.165) is 17.0 Å². The highest BCUT2D eigenvalue weighted by atomic mass is 16.5. The molecule has 7 heteroatoms. The Kier molecular flexibility index (Phi) is 4.01. The van der Waals surface area contributed by atoms with Gasteiger partial charge in [0, 0.05) is 6.92 Å². The molecule has 23 heavy (non-hydrogen) atoms. The molecule has 0 fully saturated rings. The van der Waals surface area contributed by atoms with Crippen LogP contribution in [0, 0.1) is 0 Å². The number of methoxy groups -OCH3 is 1. The molecule has 0 spiro atoms. The molecule has 0 aliphatic carbocycles. The first kappa shape index (κ1) is 14.7. The van der Waals surface area contributed by atoms with E-state index in [1.807, 2.05) is 24.3 Å². The van der Waals surface area contributed by atoms with Crippen LogP contribution >= 0.6 is 0 Å². The number of anilines is 1. The van der Waals surface area contributed by atoms with Crippen LogP contribution in [0.25, 0.3) is 11.0 Å². The molecule has 0 amide bonds. The quantitative estimate of drug-likeness (QED) is 0.454. The second kappa shape index (κ2) is 6.27. The number of ketones is 1. The summed E-state index contributed by atoms with van der Waals surface area (Å²) in [6.45, 7) is 1.44. The Balaban J connectivity index is 1.93. The van der Waals surface area contributed by atoms with Crippen molar-refractivity contribution in [2.75, 3.05) is 12.5 Å². The molecule has 116 valence electrons. The Hall–Kier alpha value is -3.22. The molecule has 1 N–H and O–H groups in total. The number of nitrogens with one attached hydrogen (secondary N) is 1. The largest absolute Gasteiger partial charge is 0.497 e. The van der Waals surface area contributed by atoms with Crippen molar-refractivity contribution in [2.24, 2.45) is 5.10 Å². The number of hydrogen-bond donors (Lipinski definition) is 1. The molecular formula is C16H15N5O2. The van der Waals surface area contributed by atoms with Gasteiger partial charge in [0.2, 0.25) is 5.84 Å². The molecule has 1 heterocycles. The third-order valence-electron chi connectivity index (χ3n) is 3.25. The molecule has 0 saturated carbocycles. The summed E-state index contributed by atoms with van der Waals surface area (Å²) < 4.78 is 6.52. The maximum atomic E-state index is 11.9. The lowest BCUT2D eigenvalue weighted by molar-refractivity contribution is -0.111. The Morgan fingerprint density at radius 3 is 2.61 bits per heavy atom. The number of rotatable bonds is 4. The van der Waals surface area contributed by atoms with Crippen LogP contribution < -0.4 is 10.2 Å². The van der Waals surface area contributed by atoms with E-state index < -0.39 is 0 Å². The van der Waals surface area contributed by atoms with Gasteiger partial charge in [-0.25, -0.2) is 0 Å². The molecule has 0 saturated heterocycles. The van der Waals surface area contributed by atoms with E-state index in [0.29, 0.717) is 5.52 Å². The predicted octanol–water partition coefficient (Wildman–Crippen LogP) is 2.30. The zero-order chi connectivity index (χ0) is 16.2. The highest BCUT2D eigenvalue weighted by Gasteiger charge is 2.14. The summed E-state index contributed by atoms with van der Waals surface area (Å²) in [5, 5.41) is 12.2. The fourth-order valence-corrected chi connectivity index (χ4v) is 2.08. The maximum absolute atomic E-state index is 11.9. The second-order valence-electron chi connectivity index (χ2n) is 4.82. The number of aromatic nitrogens is 3. The smallest absolute Gasteiger partial charge is 0.218 e. The van der Waals surface area contributed by atoms with Crippen LogP contribution in [0.4, 0.5) is 5.69 Å². The fraction of sp³-hybridized carbons (Fsp3) is 0.125. The van der Waals surface area contributed by atoms with Gasteiger partial charge in [0.15, 0.2) is 5.78 Å². The molecule has 0 unspecified atom stereocenters. The number of nitrogens with zero attached hydrogens (tertiary/aromatic N) is 4. The van der Waals surface area contributed by atoms with E-state index in [9.17, 15) is 4.79 Å². The predicted molar refractivity (Wildman–Crippen MR) is 87.7 cm³/mol. The summed E-state index contributed by atoms with van der Waals surface area (Å²) in [6, 6.07) is 14.6. The first-order chi connectivity index (χ1) is 11.2. The highest BCUT2D eigenvalue weighted by molar-refractivity contribution is 6.39. The van der Waals surface area contributed by atoms with E-state index in [2.05, 4.69) is 20.8 Å². The van der Waals surface area contributed by atoms with Gasteiger partial charge in [0.05, 0.1) is 18.3 Å². The standard InChI is InChI=1S/C16H15N5O2/c1-11(22)16(19-17-12-7-9-13(23-2)10-8-12)21-15-6-4-3-5-14(15)18-20-21/h3-10,17H,1-2H3/b19-16+. The van der Waals surface area contributed by atoms with Crippen molar-refractivity contribution in [1.82, 2.24) is 15.0 Å². The van der Waals surface area contributed by atoms with Gasteiger partial charge in [-0.15, -0.1) is 5.10 Å². The molecule has 3 rings (SSSR count). The monoisotopic (exact) mass is 309 g/mol. The molecule has 0 atom stereocenters.